The van der Waals surface area contributed by atoms with Crippen molar-refractivity contribution in [1.82, 2.24) is 4.90 Å². The molecule has 3 heteroatoms. The zero-order valence-corrected chi connectivity index (χ0v) is 8.79. The van der Waals surface area contributed by atoms with E-state index in [1.165, 1.54) is 0 Å². The second kappa shape index (κ2) is 4.09. The fourth-order valence-corrected chi connectivity index (χ4v) is 1.95. The molecule has 0 spiro atoms. The van der Waals surface area contributed by atoms with E-state index in [0.29, 0.717) is 18.5 Å². The Labute approximate surface area is 80.3 Å². The van der Waals surface area contributed by atoms with Gasteiger partial charge in [0.1, 0.15) is 0 Å². The van der Waals surface area contributed by atoms with Crippen LogP contribution in [0.5, 0.6) is 0 Å². The topological polar surface area (TPSA) is 46.3 Å². The van der Waals surface area contributed by atoms with Crippen molar-refractivity contribution in [3.8, 4) is 0 Å². The molecule has 0 saturated carbocycles. The predicted molar refractivity (Wildman–Crippen MR) is 53.2 cm³/mol. The summed E-state index contributed by atoms with van der Waals surface area (Å²) >= 11 is 0. The number of hydrogen-bond acceptors (Lipinski definition) is 2. The Kier molecular flexibility index (Phi) is 3.31. The Morgan fingerprint density at radius 2 is 2.23 bits per heavy atom. The third-order valence-corrected chi connectivity index (χ3v) is 2.77. The Morgan fingerprint density at radius 3 is 2.62 bits per heavy atom. The van der Waals surface area contributed by atoms with Gasteiger partial charge < -0.3 is 10.6 Å². The van der Waals surface area contributed by atoms with Crippen molar-refractivity contribution in [2.45, 2.75) is 33.2 Å². The van der Waals surface area contributed by atoms with Gasteiger partial charge in [0.15, 0.2) is 0 Å². The van der Waals surface area contributed by atoms with Crippen LogP contribution in [0.4, 0.5) is 0 Å². The first kappa shape index (κ1) is 10.5. The van der Waals surface area contributed by atoms with Crippen LogP contribution in [0.3, 0.4) is 0 Å². The molecule has 0 aliphatic carbocycles. The number of carbonyl (C=O) groups is 1. The van der Waals surface area contributed by atoms with Crippen molar-refractivity contribution in [3.05, 3.63) is 0 Å². The number of nitrogens with zero attached hydrogens (tertiary/aromatic N) is 1. The fourth-order valence-electron chi connectivity index (χ4n) is 1.95. The number of rotatable bonds is 2. The van der Waals surface area contributed by atoms with E-state index in [1.807, 2.05) is 18.7 Å². The summed E-state index contributed by atoms with van der Waals surface area (Å²) in [6, 6.07) is 0.378. The van der Waals surface area contributed by atoms with E-state index in [1.54, 1.807) is 0 Å². The molecule has 1 aliphatic rings. The number of nitrogens with two attached hydrogens (primary N) is 1. The van der Waals surface area contributed by atoms with Crippen molar-refractivity contribution in [2.75, 3.05) is 13.1 Å². The minimum absolute atomic E-state index is 0.110. The van der Waals surface area contributed by atoms with Gasteiger partial charge in [0, 0.05) is 18.5 Å². The summed E-state index contributed by atoms with van der Waals surface area (Å²) in [6.45, 7) is 7.56. The van der Waals surface area contributed by atoms with Crippen LogP contribution in [-0.4, -0.2) is 29.9 Å². The molecule has 1 saturated heterocycles. The van der Waals surface area contributed by atoms with Crippen LogP contribution >= 0.6 is 0 Å². The molecule has 0 radical (unpaired) electrons. The van der Waals surface area contributed by atoms with E-state index in [2.05, 4.69) is 6.92 Å². The van der Waals surface area contributed by atoms with E-state index < -0.39 is 0 Å². The molecule has 1 heterocycles. The van der Waals surface area contributed by atoms with Gasteiger partial charge in [-0.2, -0.15) is 0 Å². The lowest BCUT2D eigenvalue weighted by atomic mass is 10.1. The Bertz CT molecular complexity index is 191. The predicted octanol–water partition coefficient (Wildman–Crippen LogP) is 0.838. The minimum atomic E-state index is 0.110. The van der Waals surface area contributed by atoms with Crippen LogP contribution < -0.4 is 5.73 Å². The summed E-state index contributed by atoms with van der Waals surface area (Å²) in [7, 11) is 0. The first-order chi connectivity index (χ1) is 6.06. The van der Waals surface area contributed by atoms with Crippen LogP contribution in [-0.2, 0) is 4.79 Å². The molecular formula is C10H20N2O. The monoisotopic (exact) mass is 184 g/mol. The molecule has 3 nitrogen and oxygen atoms in total. The van der Waals surface area contributed by atoms with Crippen molar-refractivity contribution >= 4 is 5.91 Å². The molecule has 2 unspecified atom stereocenters. The maximum absolute atomic E-state index is 11.7. The second-order valence-corrected chi connectivity index (χ2v) is 4.33. The smallest absolute Gasteiger partial charge is 0.225 e. The van der Waals surface area contributed by atoms with Gasteiger partial charge in [-0.05, 0) is 25.8 Å². The minimum Gasteiger partial charge on any atom is -0.339 e. The van der Waals surface area contributed by atoms with Crippen molar-refractivity contribution < 1.29 is 4.79 Å². The van der Waals surface area contributed by atoms with Crippen LogP contribution in [0.2, 0.25) is 0 Å². The van der Waals surface area contributed by atoms with E-state index in [9.17, 15) is 4.79 Å². The van der Waals surface area contributed by atoms with Crippen LogP contribution in [0.1, 0.15) is 27.2 Å². The lowest BCUT2D eigenvalue weighted by Crippen LogP contribution is -2.37. The SMILES string of the molecule is CC(C)C(=O)N1CC(CN)CC1C. The van der Waals surface area contributed by atoms with Gasteiger partial charge >= 0.3 is 0 Å². The van der Waals surface area contributed by atoms with Gasteiger partial charge in [0.25, 0.3) is 0 Å². The Hall–Kier alpha value is -0.570. The summed E-state index contributed by atoms with van der Waals surface area (Å²) in [5, 5.41) is 0. The summed E-state index contributed by atoms with van der Waals surface area (Å²) in [5.41, 5.74) is 5.60. The molecular weight excluding hydrogens is 164 g/mol. The van der Waals surface area contributed by atoms with Crippen molar-refractivity contribution in [3.63, 3.8) is 0 Å². The Morgan fingerprint density at radius 1 is 1.62 bits per heavy atom. The van der Waals surface area contributed by atoms with Gasteiger partial charge in [-0.3, -0.25) is 4.79 Å². The highest BCUT2D eigenvalue weighted by Gasteiger charge is 2.32. The summed E-state index contributed by atoms with van der Waals surface area (Å²) < 4.78 is 0. The molecule has 0 bridgehead atoms. The van der Waals surface area contributed by atoms with Gasteiger partial charge in [0.2, 0.25) is 5.91 Å². The molecule has 0 aromatic rings. The molecule has 13 heavy (non-hydrogen) atoms. The summed E-state index contributed by atoms with van der Waals surface area (Å²) in [5.74, 6) is 0.889. The molecule has 1 rings (SSSR count). The third kappa shape index (κ3) is 2.21. The van der Waals surface area contributed by atoms with Crippen molar-refractivity contribution in [2.24, 2.45) is 17.6 Å². The number of carbonyl (C=O) groups excluding carboxylic acids is 1. The molecule has 76 valence electrons. The molecule has 0 aromatic heterocycles. The lowest BCUT2D eigenvalue weighted by Gasteiger charge is -2.23. The number of hydrogen-bond donors (Lipinski definition) is 1. The maximum atomic E-state index is 11.7. The highest BCUT2D eigenvalue weighted by molar-refractivity contribution is 5.78. The zero-order chi connectivity index (χ0) is 10.0. The zero-order valence-electron chi connectivity index (χ0n) is 8.79. The maximum Gasteiger partial charge on any atom is 0.225 e. The highest BCUT2D eigenvalue weighted by Crippen LogP contribution is 2.23. The molecule has 0 aromatic carbocycles. The summed E-state index contributed by atoms with van der Waals surface area (Å²) in [4.78, 5) is 13.7. The average molecular weight is 184 g/mol. The second-order valence-electron chi connectivity index (χ2n) is 4.33. The first-order valence-electron chi connectivity index (χ1n) is 5.06. The molecule has 1 amide bonds. The van der Waals surface area contributed by atoms with Gasteiger partial charge in [0.05, 0.1) is 0 Å². The molecule has 1 fully saturated rings. The number of likely N-dealkylation sites (tertiary alicyclic amines) is 1. The Balaban J connectivity index is 2.57. The normalized spacial score (nSPS) is 28.5. The molecule has 2 N–H and O–H groups in total. The van der Waals surface area contributed by atoms with Gasteiger partial charge in [-0.15, -0.1) is 0 Å². The van der Waals surface area contributed by atoms with E-state index >= 15 is 0 Å². The highest BCUT2D eigenvalue weighted by atomic mass is 16.2. The molecule has 2 atom stereocenters. The van der Waals surface area contributed by atoms with Crippen molar-refractivity contribution in [1.29, 1.82) is 0 Å². The van der Waals surface area contributed by atoms with E-state index in [-0.39, 0.29) is 11.8 Å². The van der Waals surface area contributed by atoms with Gasteiger partial charge in [-0.25, -0.2) is 0 Å². The van der Waals surface area contributed by atoms with E-state index in [4.69, 9.17) is 5.73 Å². The number of amides is 1. The average Bonchev–Trinajstić information content (AvgIpc) is 2.45. The quantitative estimate of drug-likeness (QED) is 0.691. The first-order valence-corrected chi connectivity index (χ1v) is 5.06. The van der Waals surface area contributed by atoms with Crippen LogP contribution in [0.25, 0.3) is 0 Å². The molecule has 1 aliphatic heterocycles. The summed E-state index contributed by atoms with van der Waals surface area (Å²) in [6.07, 6.45) is 1.06. The lowest BCUT2D eigenvalue weighted by molar-refractivity contribution is -0.135. The third-order valence-electron chi connectivity index (χ3n) is 2.77. The fraction of sp³-hybridized carbons (Fsp3) is 0.900. The largest absolute Gasteiger partial charge is 0.339 e. The van der Waals surface area contributed by atoms with Crippen LogP contribution in [0, 0.1) is 11.8 Å². The van der Waals surface area contributed by atoms with E-state index in [0.717, 1.165) is 13.0 Å². The van der Waals surface area contributed by atoms with Crippen LogP contribution in [0.15, 0.2) is 0 Å². The standard InChI is InChI=1S/C10H20N2O/c1-7(2)10(13)12-6-9(5-11)4-8(12)3/h7-9H,4-6,11H2,1-3H3. The van der Waals surface area contributed by atoms with Gasteiger partial charge in [-0.1, -0.05) is 13.8 Å².